The molecule has 0 unspecified atom stereocenters. The van der Waals surface area contributed by atoms with Gasteiger partial charge >= 0.3 is 6.03 Å². The second-order valence-electron chi connectivity index (χ2n) is 4.72. The van der Waals surface area contributed by atoms with Crippen molar-refractivity contribution < 1.29 is 9.53 Å². The average Bonchev–Trinajstić information content (AvgIpc) is 3.02. The first-order valence-corrected chi connectivity index (χ1v) is 7.32. The van der Waals surface area contributed by atoms with Gasteiger partial charge in [-0.25, -0.2) is 14.5 Å². The number of nitrogens with zero attached hydrogens (tertiary/aromatic N) is 3. The van der Waals surface area contributed by atoms with Crippen LogP contribution in [-0.2, 0) is 11.3 Å². The van der Waals surface area contributed by atoms with Crippen molar-refractivity contribution in [2.75, 3.05) is 25.1 Å². The molecule has 0 aliphatic carbocycles. The molecule has 0 fully saturated rings. The third-order valence-corrected chi connectivity index (χ3v) is 2.98. The summed E-state index contributed by atoms with van der Waals surface area (Å²) in [4.78, 5) is 15.6. The molecule has 0 bridgehead atoms. The molecule has 0 aliphatic heterocycles. The molecule has 0 saturated heterocycles. The van der Waals surface area contributed by atoms with Crippen LogP contribution in [0.5, 0.6) is 0 Å². The number of aromatic nitrogens is 3. The Hall–Kier alpha value is -2.41. The van der Waals surface area contributed by atoms with Crippen LogP contribution >= 0.6 is 0 Å². The number of hydrogen-bond acceptors (Lipinski definition) is 4. The lowest BCUT2D eigenvalue weighted by molar-refractivity contribution is 0.145. The summed E-state index contributed by atoms with van der Waals surface area (Å²) in [6, 6.07) is 7.43. The van der Waals surface area contributed by atoms with Crippen molar-refractivity contribution in [1.82, 2.24) is 20.1 Å². The van der Waals surface area contributed by atoms with Gasteiger partial charge in [-0.15, -0.1) is 0 Å². The average molecular weight is 303 g/mol. The molecule has 1 heterocycles. The summed E-state index contributed by atoms with van der Waals surface area (Å²) in [5.41, 5.74) is 1.85. The molecular formula is C15H21N5O2. The highest BCUT2D eigenvalue weighted by Gasteiger charge is 2.01. The number of hydrogen-bond donors (Lipinski definition) is 2. The van der Waals surface area contributed by atoms with Crippen LogP contribution in [0.2, 0.25) is 0 Å². The Morgan fingerprint density at radius 3 is 2.82 bits per heavy atom. The molecule has 118 valence electrons. The molecule has 1 aromatic heterocycles. The molecule has 2 N–H and O–H groups in total. The van der Waals surface area contributed by atoms with Crippen LogP contribution in [0.15, 0.2) is 36.9 Å². The molecule has 22 heavy (non-hydrogen) atoms. The minimum atomic E-state index is -0.208. The zero-order valence-electron chi connectivity index (χ0n) is 12.7. The predicted molar refractivity (Wildman–Crippen MR) is 83.7 cm³/mol. The van der Waals surface area contributed by atoms with E-state index in [2.05, 4.69) is 20.7 Å². The standard InChI is InChI=1S/C15H21N5O2/c1-2-22-9-3-8-17-15(21)19-14-6-4-13(5-7-14)10-20-12-16-11-18-20/h4-7,11-12H,2-3,8-10H2,1H3,(H2,17,19,21). The fourth-order valence-corrected chi connectivity index (χ4v) is 1.89. The van der Waals surface area contributed by atoms with Gasteiger partial charge in [-0.2, -0.15) is 5.10 Å². The highest BCUT2D eigenvalue weighted by Crippen LogP contribution is 2.10. The third kappa shape index (κ3) is 5.53. The number of carbonyl (C=O) groups excluding carboxylic acids is 1. The van der Waals surface area contributed by atoms with Crippen LogP contribution < -0.4 is 10.6 Å². The topological polar surface area (TPSA) is 81.1 Å². The van der Waals surface area contributed by atoms with E-state index in [-0.39, 0.29) is 6.03 Å². The summed E-state index contributed by atoms with van der Waals surface area (Å²) >= 11 is 0. The van der Waals surface area contributed by atoms with Gasteiger partial charge in [0.2, 0.25) is 0 Å². The van der Waals surface area contributed by atoms with E-state index in [0.29, 0.717) is 26.3 Å². The maximum Gasteiger partial charge on any atom is 0.319 e. The lowest BCUT2D eigenvalue weighted by Crippen LogP contribution is -2.30. The fourth-order valence-electron chi connectivity index (χ4n) is 1.89. The molecule has 0 atom stereocenters. The smallest absolute Gasteiger partial charge is 0.319 e. The molecule has 0 spiro atoms. The summed E-state index contributed by atoms with van der Waals surface area (Å²) < 4.78 is 6.95. The highest BCUT2D eigenvalue weighted by atomic mass is 16.5. The Labute approximate surface area is 129 Å². The second kappa shape index (κ2) is 8.78. The van der Waals surface area contributed by atoms with Crippen molar-refractivity contribution in [2.45, 2.75) is 19.9 Å². The summed E-state index contributed by atoms with van der Waals surface area (Å²) in [7, 11) is 0. The van der Waals surface area contributed by atoms with Crippen molar-refractivity contribution in [3.05, 3.63) is 42.5 Å². The van der Waals surface area contributed by atoms with Crippen LogP contribution in [0.1, 0.15) is 18.9 Å². The van der Waals surface area contributed by atoms with E-state index in [0.717, 1.165) is 17.7 Å². The number of benzene rings is 1. The highest BCUT2D eigenvalue weighted by molar-refractivity contribution is 5.89. The maximum absolute atomic E-state index is 11.7. The van der Waals surface area contributed by atoms with Crippen molar-refractivity contribution in [3.63, 3.8) is 0 Å². The largest absolute Gasteiger partial charge is 0.382 e. The Morgan fingerprint density at radius 2 is 2.14 bits per heavy atom. The Bertz CT molecular complexity index is 554. The number of nitrogens with one attached hydrogen (secondary N) is 2. The van der Waals surface area contributed by atoms with Gasteiger partial charge in [0.05, 0.1) is 6.54 Å². The van der Waals surface area contributed by atoms with Gasteiger partial charge in [-0.1, -0.05) is 12.1 Å². The zero-order chi connectivity index (χ0) is 15.6. The van der Waals surface area contributed by atoms with Gasteiger partial charge in [0.15, 0.2) is 0 Å². The third-order valence-electron chi connectivity index (χ3n) is 2.98. The molecule has 7 heteroatoms. The monoisotopic (exact) mass is 303 g/mol. The van der Waals surface area contributed by atoms with Gasteiger partial charge < -0.3 is 15.4 Å². The van der Waals surface area contributed by atoms with Crippen LogP contribution in [0.3, 0.4) is 0 Å². The lowest BCUT2D eigenvalue weighted by atomic mass is 10.2. The molecule has 7 nitrogen and oxygen atoms in total. The number of urea groups is 1. The molecule has 0 saturated carbocycles. The van der Waals surface area contributed by atoms with Crippen molar-refractivity contribution >= 4 is 11.7 Å². The maximum atomic E-state index is 11.7. The molecular weight excluding hydrogens is 282 g/mol. The first-order valence-electron chi connectivity index (χ1n) is 7.32. The summed E-state index contributed by atoms with van der Waals surface area (Å²) in [6.45, 7) is 4.56. The molecule has 0 radical (unpaired) electrons. The Balaban J connectivity index is 1.72. The van der Waals surface area contributed by atoms with E-state index in [1.165, 1.54) is 6.33 Å². The van der Waals surface area contributed by atoms with E-state index in [1.807, 2.05) is 31.2 Å². The van der Waals surface area contributed by atoms with Gasteiger partial charge in [-0.3, -0.25) is 0 Å². The first kappa shape index (κ1) is 16.0. The molecule has 2 amide bonds. The molecule has 0 aliphatic rings. The summed E-state index contributed by atoms with van der Waals surface area (Å²) in [5, 5.41) is 9.63. The van der Waals surface area contributed by atoms with Crippen molar-refractivity contribution in [2.24, 2.45) is 0 Å². The number of ether oxygens (including phenoxy) is 1. The van der Waals surface area contributed by atoms with Crippen LogP contribution in [0.25, 0.3) is 0 Å². The predicted octanol–water partition coefficient (Wildman–Crippen LogP) is 1.87. The van der Waals surface area contributed by atoms with E-state index in [9.17, 15) is 4.79 Å². The Kier molecular flexibility index (Phi) is 6.38. The van der Waals surface area contributed by atoms with Gasteiger partial charge in [0.1, 0.15) is 12.7 Å². The van der Waals surface area contributed by atoms with Crippen molar-refractivity contribution in [3.8, 4) is 0 Å². The normalized spacial score (nSPS) is 10.4. The first-order chi connectivity index (χ1) is 10.8. The number of amides is 2. The van der Waals surface area contributed by atoms with Gasteiger partial charge in [0.25, 0.3) is 0 Å². The van der Waals surface area contributed by atoms with Gasteiger partial charge in [-0.05, 0) is 31.0 Å². The minimum Gasteiger partial charge on any atom is -0.382 e. The second-order valence-corrected chi connectivity index (χ2v) is 4.72. The summed E-state index contributed by atoms with van der Waals surface area (Å²) in [5.74, 6) is 0. The fraction of sp³-hybridized carbons (Fsp3) is 0.400. The van der Waals surface area contributed by atoms with Crippen molar-refractivity contribution in [1.29, 1.82) is 0 Å². The number of rotatable bonds is 8. The van der Waals surface area contributed by atoms with E-state index >= 15 is 0 Å². The van der Waals surface area contributed by atoms with Gasteiger partial charge in [0, 0.05) is 25.4 Å². The SMILES string of the molecule is CCOCCCNC(=O)Nc1ccc(Cn2cncn2)cc1. The minimum absolute atomic E-state index is 0.208. The van der Waals surface area contributed by atoms with Crippen LogP contribution in [0.4, 0.5) is 10.5 Å². The van der Waals surface area contributed by atoms with Crippen LogP contribution in [-0.4, -0.2) is 40.6 Å². The quantitative estimate of drug-likeness (QED) is 0.730. The van der Waals surface area contributed by atoms with E-state index < -0.39 is 0 Å². The number of anilines is 1. The molecule has 1 aromatic carbocycles. The zero-order valence-corrected chi connectivity index (χ0v) is 12.7. The summed E-state index contributed by atoms with van der Waals surface area (Å²) in [6.07, 6.45) is 3.98. The Morgan fingerprint density at radius 1 is 1.32 bits per heavy atom. The molecule has 2 rings (SSSR count). The van der Waals surface area contributed by atoms with E-state index in [1.54, 1.807) is 11.0 Å². The van der Waals surface area contributed by atoms with E-state index in [4.69, 9.17) is 4.74 Å². The number of carbonyl (C=O) groups is 1. The lowest BCUT2D eigenvalue weighted by Gasteiger charge is -2.08. The molecule has 2 aromatic rings. The van der Waals surface area contributed by atoms with Crippen LogP contribution in [0, 0.1) is 0 Å².